The Morgan fingerprint density at radius 1 is 0.900 bits per heavy atom. The highest BCUT2D eigenvalue weighted by Gasteiger charge is 2.32. The van der Waals surface area contributed by atoms with Crippen LogP contribution in [0.4, 0.5) is 17.1 Å². The van der Waals surface area contributed by atoms with E-state index in [-0.39, 0.29) is 30.4 Å². The second-order valence-corrected chi connectivity index (χ2v) is 11.7. The minimum atomic E-state index is -0.519. The fraction of sp³-hybridized carbons (Fsp3) is 0.138. The molecular weight excluding hydrogens is 736 g/mol. The topological polar surface area (TPSA) is 126 Å². The molecule has 40 heavy (non-hydrogen) atoms. The Kier molecular flexibility index (Phi) is 6.52. The minimum Gasteiger partial charge on any atom is -0.364 e. The molecule has 0 fully saturated rings. The number of fused-ring (bicyclic) bond motifs is 3. The Hall–Kier alpha value is -3.59. The second-order valence-electron chi connectivity index (χ2n) is 9.69. The lowest BCUT2D eigenvalue weighted by atomic mass is 9.91. The summed E-state index contributed by atoms with van der Waals surface area (Å²) in [6.07, 6.45) is 4.60. The molecule has 5 aliphatic heterocycles. The molecule has 0 spiro atoms. The summed E-state index contributed by atoms with van der Waals surface area (Å²) in [5, 5.41) is 2.99. The molecule has 3 N–H and O–H groups in total. The number of amides is 2. The molecule has 3 aromatic rings. The summed E-state index contributed by atoms with van der Waals surface area (Å²) < 4.78 is -0.663. The van der Waals surface area contributed by atoms with Gasteiger partial charge in [0.25, 0.3) is 11.8 Å². The van der Waals surface area contributed by atoms with Crippen molar-refractivity contribution < 1.29 is 19.2 Å². The van der Waals surface area contributed by atoms with Gasteiger partial charge in [-0.25, -0.2) is 4.98 Å². The monoisotopic (exact) mass is 757 g/mol. The van der Waals surface area contributed by atoms with E-state index in [1.165, 1.54) is 0 Å². The van der Waals surface area contributed by atoms with Gasteiger partial charge < -0.3 is 20.9 Å². The van der Waals surface area contributed by atoms with Gasteiger partial charge in [-0.3, -0.25) is 19.2 Å². The summed E-state index contributed by atoms with van der Waals surface area (Å²) in [6.45, 7) is 0. The van der Waals surface area contributed by atoms with Crippen LogP contribution in [0.3, 0.4) is 0 Å². The Balaban J connectivity index is 1.65. The molecule has 0 saturated carbocycles. The van der Waals surface area contributed by atoms with Crippen LogP contribution in [0.15, 0.2) is 59.9 Å². The highest BCUT2D eigenvalue weighted by Crippen LogP contribution is 2.44. The van der Waals surface area contributed by atoms with Crippen LogP contribution in [0.25, 0.3) is 22.4 Å². The van der Waals surface area contributed by atoms with E-state index in [0.717, 1.165) is 22.5 Å². The van der Waals surface area contributed by atoms with E-state index in [2.05, 4.69) is 5.32 Å². The third kappa shape index (κ3) is 4.13. The number of rotatable bonds is 4. The fourth-order valence-electron chi connectivity index (χ4n) is 5.63. The first-order chi connectivity index (χ1) is 19.1. The summed E-state index contributed by atoms with van der Waals surface area (Å²) in [4.78, 5) is 60.3. The quantitative estimate of drug-likeness (QED) is 0.291. The summed E-state index contributed by atoms with van der Waals surface area (Å²) >= 11 is 3.39. The Bertz CT molecular complexity index is 1780. The highest BCUT2D eigenvalue weighted by atomic mass is 127. The predicted octanol–water partition coefficient (Wildman–Crippen LogP) is 4.76. The van der Waals surface area contributed by atoms with E-state index in [9.17, 15) is 19.2 Å². The van der Waals surface area contributed by atoms with Crippen molar-refractivity contribution in [1.82, 2.24) is 4.98 Å². The van der Waals surface area contributed by atoms with Crippen molar-refractivity contribution in [3.8, 4) is 22.4 Å². The Morgan fingerprint density at radius 2 is 1.52 bits per heavy atom. The summed E-state index contributed by atoms with van der Waals surface area (Å²) in [5.41, 5.74) is 12.5. The van der Waals surface area contributed by atoms with Crippen molar-refractivity contribution in [2.45, 2.75) is 12.8 Å². The lowest BCUT2D eigenvalue weighted by Crippen LogP contribution is -2.31. The maximum Gasteiger partial charge on any atom is 0.272 e. The van der Waals surface area contributed by atoms with Crippen molar-refractivity contribution >= 4 is 81.6 Å². The zero-order chi connectivity index (χ0) is 28.5. The summed E-state index contributed by atoms with van der Waals surface area (Å²) in [5.74, 6) is -0.902. The first kappa shape index (κ1) is 26.6. The van der Waals surface area contributed by atoms with Gasteiger partial charge in [0.1, 0.15) is 17.1 Å². The molecule has 0 aliphatic carbocycles. The lowest BCUT2D eigenvalue weighted by Gasteiger charge is -2.28. The molecule has 0 radical (unpaired) electrons. The van der Waals surface area contributed by atoms with Crippen LogP contribution in [0, 0.1) is 0 Å². The van der Waals surface area contributed by atoms with Gasteiger partial charge in [0.05, 0.1) is 16.9 Å². The number of likely N-dealkylation sites (N-methyl/N-ethyl adjacent to an activating group) is 2. The van der Waals surface area contributed by atoms with Gasteiger partial charge in [-0.2, -0.15) is 0 Å². The molecule has 6 heterocycles. The van der Waals surface area contributed by atoms with Crippen molar-refractivity contribution in [3.05, 3.63) is 82.3 Å². The van der Waals surface area contributed by atoms with Gasteiger partial charge in [-0.1, -0.05) is 24.3 Å². The van der Waals surface area contributed by atoms with E-state index in [1.54, 1.807) is 69.3 Å². The number of primary amides is 1. The molecule has 200 valence electrons. The maximum absolute atomic E-state index is 13.7. The number of allylic oxidation sites excluding steroid dienone is 2. The molecule has 0 atom stereocenters. The largest absolute Gasteiger partial charge is 0.364 e. The molecule has 2 aromatic carbocycles. The zero-order valence-electron chi connectivity index (χ0n) is 21.3. The van der Waals surface area contributed by atoms with Gasteiger partial charge in [0.15, 0.2) is 0 Å². The molecule has 8 rings (SSSR count). The average molecular weight is 757 g/mol. The van der Waals surface area contributed by atoms with E-state index in [1.807, 2.05) is 48.4 Å². The van der Waals surface area contributed by atoms with Gasteiger partial charge in [0.2, 0.25) is 7.58 Å². The van der Waals surface area contributed by atoms with Crippen molar-refractivity contribution in [3.63, 3.8) is 0 Å². The van der Waals surface area contributed by atoms with Gasteiger partial charge in [0, 0.05) is 81.8 Å². The molecule has 11 heteroatoms. The highest BCUT2D eigenvalue weighted by molar-refractivity contribution is 14.1. The van der Waals surface area contributed by atoms with Gasteiger partial charge in [-0.05, 0) is 53.8 Å². The predicted molar refractivity (Wildman–Crippen MR) is 170 cm³/mol. The molecule has 0 saturated heterocycles. The third-order valence-electron chi connectivity index (χ3n) is 7.50. The smallest absolute Gasteiger partial charge is 0.272 e. The number of nitrogens with two attached hydrogens (primary N) is 1. The number of nitrogens with zero attached hydrogens (tertiary/aromatic N) is 3. The summed E-state index contributed by atoms with van der Waals surface area (Å²) in [6, 6.07) is 11.3. The fourth-order valence-corrected chi connectivity index (χ4v) is 6.56. The second kappa shape index (κ2) is 9.80. The van der Waals surface area contributed by atoms with E-state index >= 15 is 0 Å². The van der Waals surface area contributed by atoms with E-state index < -0.39 is 5.91 Å². The number of hydrogen-bond acceptors (Lipinski definition) is 7. The number of carbonyl (C=O) groups is 4. The SMILES string of the molecule is CN1C(C(N)=O)=CCc2cc(-c3nc(C(=O)I)c4c(C(=O)I)c3NC(=O)C3=CCc5cc-4ccc5N3C)ccc21. The molecule has 1 aromatic heterocycles. The average Bonchev–Trinajstić information content (AvgIpc) is 2.94. The van der Waals surface area contributed by atoms with Crippen LogP contribution in [0.5, 0.6) is 0 Å². The molecule has 6 bridgehead atoms. The number of anilines is 3. The molecule has 2 amide bonds. The molecule has 9 nitrogen and oxygen atoms in total. The lowest BCUT2D eigenvalue weighted by molar-refractivity contribution is -0.115. The van der Waals surface area contributed by atoms with Gasteiger partial charge in [-0.15, -0.1) is 0 Å². The van der Waals surface area contributed by atoms with E-state index in [0.29, 0.717) is 46.6 Å². The van der Waals surface area contributed by atoms with Crippen molar-refractivity contribution in [2.75, 3.05) is 29.2 Å². The minimum absolute atomic E-state index is 0.137. The Morgan fingerprint density at radius 3 is 2.17 bits per heavy atom. The van der Waals surface area contributed by atoms with Crippen molar-refractivity contribution in [2.24, 2.45) is 5.73 Å². The number of hydrogen-bond donors (Lipinski definition) is 2. The summed E-state index contributed by atoms with van der Waals surface area (Å²) in [7, 11) is 3.59. The number of nitrogens with one attached hydrogen (secondary N) is 1. The first-order valence-corrected chi connectivity index (χ1v) is 14.5. The molecule has 0 unspecified atom stereocenters. The van der Waals surface area contributed by atoms with Crippen LogP contribution in [0.2, 0.25) is 0 Å². The van der Waals surface area contributed by atoms with Crippen LogP contribution < -0.4 is 20.9 Å². The number of aromatic nitrogens is 1. The number of pyridine rings is 1. The molecular formula is C29H21I2N5O4. The number of benzene rings is 2. The maximum atomic E-state index is 13.7. The zero-order valence-corrected chi connectivity index (χ0v) is 25.7. The first-order valence-electron chi connectivity index (χ1n) is 12.3. The third-order valence-corrected chi connectivity index (χ3v) is 8.55. The van der Waals surface area contributed by atoms with Crippen molar-refractivity contribution in [1.29, 1.82) is 0 Å². The Labute approximate surface area is 256 Å². The number of carbonyl (C=O) groups excluding carboxylic acids is 4. The van der Waals surface area contributed by atoms with Crippen LogP contribution >= 0.6 is 45.2 Å². The normalized spacial score (nSPS) is 15.2. The van der Waals surface area contributed by atoms with Gasteiger partial charge >= 0.3 is 0 Å². The standard InChI is InChI=1S/C29H21I2N5O4/c1-35-17-8-6-16(12-14(17)3-9-19(35)28(32)39)23-24-22(26(30)37)21(25(33-23)27(31)38)15-5-7-18-13(11-15)4-10-20(36(18)2)29(40)34-24/h5-12H,3-4H2,1-2H3,(H2,32,39)(H,34,40). The van der Waals surface area contributed by atoms with Crippen LogP contribution in [-0.4, -0.2) is 38.5 Å². The van der Waals surface area contributed by atoms with E-state index in [4.69, 9.17) is 10.7 Å². The van der Waals surface area contributed by atoms with Crippen LogP contribution in [-0.2, 0) is 22.4 Å². The molecule has 5 aliphatic rings. The van der Waals surface area contributed by atoms with Crippen LogP contribution in [0.1, 0.15) is 32.0 Å². The number of halogens is 2.